The summed E-state index contributed by atoms with van der Waals surface area (Å²) >= 11 is 0. The standard InChI is InChI=1S/C20H18N6O2/c1-27-14-5-6-15-16(19(22-18(15)10-14)12-7-8-28-11-12)9-13-3-2-4-17(21-13)20-23-25-26-24-20/h2-8,10-11,22,25-26H,9H2,1H3,(H,23,24). The normalized spacial score (nSPS) is 13.2. The van der Waals surface area contributed by atoms with E-state index in [-0.39, 0.29) is 0 Å². The average Bonchev–Trinajstić information content (AvgIpc) is 3.49. The van der Waals surface area contributed by atoms with Gasteiger partial charge >= 0.3 is 0 Å². The number of benzene rings is 1. The number of hydrogen-bond acceptors (Lipinski definition) is 7. The molecule has 8 nitrogen and oxygen atoms in total. The van der Waals surface area contributed by atoms with Crippen LogP contribution in [-0.4, -0.2) is 22.9 Å². The maximum atomic E-state index is 5.37. The fourth-order valence-corrected chi connectivity index (χ4v) is 3.41. The number of aromatic nitrogens is 2. The Balaban J connectivity index is 1.60. The number of furan rings is 1. The molecule has 0 fully saturated rings. The van der Waals surface area contributed by atoms with Gasteiger partial charge in [0.05, 0.1) is 25.3 Å². The highest BCUT2D eigenvalue weighted by Crippen LogP contribution is 2.34. The number of hydrazine groups is 2. The fraction of sp³-hybridized carbons (Fsp3) is 0.100. The molecule has 1 aromatic carbocycles. The maximum absolute atomic E-state index is 5.37. The summed E-state index contributed by atoms with van der Waals surface area (Å²) in [6, 6.07) is 13.9. The van der Waals surface area contributed by atoms with E-state index in [2.05, 4.69) is 32.6 Å². The first-order valence-corrected chi connectivity index (χ1v) is 8.83. The van der Waals surface area contributed by atoms with Gasteiger partial charge in [-0.1, -0.05) is 6.07 Å². The van der Waals surface area contributed by atoms with Gasteiger partial charge in [0.15, 0.2) is 5.84 Å². The van der Waals surface area contributed by atoms with E-state index in [0.717, 1.165) is 44.9 Å². The van der Waals surface area contributed by atoms with Crippen molar-refractivity contribution in [1.82, 2.24) is 26.5 Å². The van der Waals surface area contributed by atoms with Crippen LogP contribution in [0.15, 0.2) is 64.5 Å². The molecule has 0 atom stereocenters. The van der Waals surface area contributed by atoms with Gasteiger partial charge in [0.2, 0.25) is 0 Å². The topological polar surface area (TPSA) is 99.5 Å². The van der Waals surface area contributed by atoms with Crippen LogP contribution in [0.1, 0.15) is 17.0 Å². The lowest BCUT2D eigenvalue weighted by Crippen LogP contribution is -2.35. The lowest BCUT2D eigenvalue weighted by molar-refractivity contribution is 0.415. The van der Waals surface area contributed by atoms with Gasteiger partial charge < -0.3 is 14.1 Å². The highest BCUT2D eigenvalue weighted by molar-refractivity contribution is 5.97. The summed E-state index contributed by atoms with van der Waals surface area (Å²) in [5.41, 5.74) is 14.2. The summed E-state index contributed by atoms with van der Waals surface area (Å²) in [6.45, 7) is 0. The molecular formula is C20H18N6O2. The minimum atomic E-state index is 0.653. The minimum Gasteiger partial charge on any atom is -0.497 e. The predicted molar refractivity (Wildman–Crippen MR) is 106 cm³/mol. The number of nitrogens with one attached hydrogen (secondary N) is 4. The van der Waals surface area contributed by atoms with Crippen molar-refractivity contribution in [2.24, 2.45) is 5.10 Å². The number of H-pyrrole nitrogens is 1. The monoisotopic (exact) mass is 374 g/mol. The van der Waals surface area contributed by atoms with E-state index in [1.54, 1.807) is 19.6 Å². The molecule has 0 saturated heterocycles. The Morgan fingerprint density at radius 3 is 2.89 bits per heavy atom. The van der Waals surface area contributed by atoms with Crippen molar-refractivity contribution < 1.29 is 9.15 Å². The Kier molecular flexibility index (Phi) is 3.95. The van der Waals surface area contributed by atoms with Crippen LogP contribution in [0.4, 0.5) is 0 Å². The molecule has 0 saturated carbocycles. The van der Waals surface area contributed by atoms with Gasteiger partial charge in [-0.25, -0.2) is 10.5 Å². The van der Waals surface area contributed by atoms with Crippen LogP contribution >= 0.6 is 0 Å². The summed E-state index contributed by atoms with van der Waals surface area (Å²) in [5, 5.41) is 5.25. The van der Waals surface area contributed by atoms with Crippen LogP contribution in [0.2, 0.25) is 0 Å². The van der Waals surface area contributed by atoms with Gasteiger partial charge in [0.1, 0.15) is 11.4 Å². The molecule has 5 rings (SSSR count). The van der Waals surface area contributed by atoms with E-state index in [0.29, 0.717) is 12.3 Å². The lowest BCUT2D eigenvalue weighted by Gasteiger charge is -2.06. The number of hydrogen-bond donors (Lipinski definition) is 4. The van der Waals surface area contributed by atoms with Crippen LogP contribution in [0.5, 0.6) is 5.75 Å². The van der Waals surface area contributed by atoms with E-state index in [1.807, 2.05) is 36.4 Å². The van der Waals surface area contributed by atoms with E-state index in [1.165, 1.54) is 0 Å². The first-order chi connectivity index (χ1) is 13.8. The molecule has 0 spiro atoms. The molecule has 0 amide bonds. The van der Waals surface area contributed by atoms with Crippen molar-refractivity contribution in [2.75, 3.05) is 7.11 Å². The molecule has 1 aliphatic heterocycles. The van der Waals surface area contributed by atoms with Crippen molar-refractivity contribution in [2.45, 2.75) is 6.42 Å². The van der Waals surface area contributed by atoms with E-state index < -0.39 is 0 Å². The summed E-state index contributed by atoms with van der Waals surface area (Å²) in [7, 11) is 1.67. The number of nitrogens with zero attached hydrogens (tertiary/aromatic N) is 2. The number of hydrazone groups is 1. The lowest BCUT2D eigenvalue weighted by atomic mass is 10.0. The minimum absolute atomic E-state index is 0.653. The predicted octanol–water partition coefficient (Wildman–Crippen LogP) is 2.70. The maximum Gasteiger partial charge on any atom is 0.189 e. The van der Waals surface area contributed by atoms with Crippen molar-refractivity contribution in [3.8, 4) is 17.0 Å². The van der Waals surface area contributed by atoms with Crippen molar-refractivity contribution in [3.63, 3.8) is 0 Å². The molecule has 4 aromatic rings. The molecule has 4 N–H and O–H groups in total. The van der Waals surface area contributed by atoms with Gasteiger partial charge in [-0.15, -0.1) is 10.6 Å². The van der Waals surface area contributed by atoms with Crippen molar-refractivity contribution >= 4 is 16.7 Å². The van der Waals surface area contributed by atoms with Crippen LogP contribution in [0.25, 0.3) is 22.2 Å². The fourth-order valence-electron chi connectivity index (χ4n) is 3.41. The highest BCUT2D eigenvalue weighted by Gasteiger charge is 2.17. The Labute approximate surface area is 160 Å². The van der Waals surface area contributed by atoms with E-state index in [9.17, 15) is 0 Å². The number of ether oxygens (including phenoxy) is 1. The van der Waals surface area contributed by atoms with Gasteiger partial charge in [-0.05, 0) is 35.9 Å². The Morgan fingerprint density at radius 1 is 1.14 bits per heavy atom. The molecule has 140 valence electrons. The summed E-state index contributed by atoms with van der Waals surface area (Å²) in [6.07, 6.45) is 4.08. The molecular weight excluding hydrogens is 356 g/mol. The third kappa shape index (κ3) is 2.85. The number of methoxy groups -OCH3 is 1. The number of amidine groups is 1. The second-order valence-corrected chi connectivity index (χ2v) is 6.42. The second-order valence-electron chi connectivity index (χ2n) is 6.42. The number of aromatic amines is 1. The largest absolute Gasteiger partial charge is 0.497 e. The first-order valence-electron chi connectivity index (χ1n) is 8.83. The molecule has 1 aliphatic rings. The van der Waals surface area contributed by atoms with Gasteiger partial charge in [0, 0.05) is 34.6 Å². The second kappa shape index (κ2) is 6.75. The number of rotatable bonds is 5. The molecule has 0 unspecified atom stereocenters. The quantitative estimate of drug-likeness (QED) is 0.429. The summed E-state index contributed by atoms with van der Waals surface area (Å²) in [5.74, 6) is 1.46. The number of fused-ring (bicyclic) bond motifs is 1. The molecule has 0 aliphatic carbocycles. The Bertz CT molecular complexity index is 1160. The van der Waals surface area contributed by atoms with Gasteiger partial charge in [-0.2, -0.15) is 0 Å². The third-order valence-electron chi connectivity index (χ3n) is 4.73. The zero-order chi connectivity index (χ0) is 18.9. The molecule has 28 heavy (non-hydrogen) atoms. The molecule has 8 heteroatoms. The van der Waals surface area contributed by atoms with Gasteiger partial charge in [-0.3, -0.25) is 5.43 Å². The van der Waals surface area contributed by atoms with E-state index in [4.69, 9.17) is 14.1 Å². The molecule has 0 radical (unpaired) electrons. The average molecular weight is 374 g/mol. The van der Waals surface area contributed by atoms with Crippen LogP contribution in [0.3, 0.4) is 0 Å². The summed E-state index contributed by atoms with van der Waals surface area (Å²) in [4.78, 5) is 8.26. The zero-order valence-electron chi connectivity index (χ0n) is 15.1. The number of pyridine rings is 1. The molecule has 3 aromatic heterocycles. The van der Waals surface area contributed by atoms with Crippen LogP contribution in [0, 0.1) is 0 Å². The smallest absolute Gasteiger partial charge is 0.189 e. The molecule has 4 heterocycles. The van der Waals surface area contributed by atoms with Crippen LogP contribution in [-0.2, 0) is 6.42 Å². The van der Waals surface area contributed by atoms with Crippen molar-refractivity contribution in [1.29, 1.82) is 0 Å². The Morgan fingerprint density at radius 2 is 2.11 bits per heavy atom. The van der Waals surface area contributed by atoms with E-state index >= 15 is 0 Å². The van der Waals surface area contributed by atoms with Crippen molar-refractivity contribution in [3.05, 3.63) is 71.9 Å². The SMILES string of the molecule is COc1ccc2c(Cc3cccc(C4=NNNN4)n3)c(-c3ccoc3)[nH]c2c1. The Hall–Kier alpha value is -3.78. The first kappa shape index (κ1) is 16.4. The van der Waals surface area contributed by atoms with Crippen LogP contribution < -0.4 is 21.2 Å². The third-order valence-corrected chi connectivity index (χ3v) is 4.73. The molecule has 0 bridgehead atoms. The zero-order valence-corrected chi connectivity index (χ0v) is 15.1. The van der Waals surface area contributed by atoms with Gasteiger partial charge in [0.25, 0.3) is 0 Å². The highest BCUT2D eigenvalue weighted by atomic mass is 16.5. The summed E-state index contributed by atoms with van der Waals surface area (Å²) < 4.78 is 10.7.